The quantitative estimate of drug-likeness (QED) is 0.829. The van der Waals surface area contributed by atoms with E-state index in [-0.39, 0.29) is 11.9 Å². The second-order valence-electron chi connectivity index (χ2n) is 5.61. The number of likely N-dealkylation sites (N-methyl/N-ethyl adjacent to an activating group) is 1. The Morgan fingerprint density at radius 2 is 1.90 bits per heavy atom. The van der Waals surface area contributed by atoms with Gasteiger partial charge in [-0.1, -0.05) is 50.6 Å². The Balaban J connectivity index is 1.99. The molecular weight excluding hydrogens is 248 g/mol. The van der Waals surface area contributed by atoms with Gasteiger partial charge in [0.15, 0.2) is 0 Å². The smallest absolute Gasteiger partial charge is 0.234 e. The fourth-order valence-electron chi connectivity index (χ4n) is 2.78. The van der Waals surface area contributed by atoms with Crippen molar-refractivity contribution in [1.29, 1.82) is 0 Å². The molecule has 1 aliphatic rings. The van der Waals surface area contributed by atoms with Gasteiger partial charge < -0.3 is 5.32 Å². The first kappa shape index (κ1) is 15.0. The van der Waals surface area contributed by atoms with Crippen LogP contribution >= 0.6 is 0 Å². The molecule has 1 amide bonds. The molecule has 1 unspecified atom stereocenters. The lowest BCUT2D eigenvalue weighted by molar-refractivity contribution is -0.123. The number of nitrogens with zero attached hydrogens (tertiary/aromatic N) is 1. The van der Waals surface area contributed by atoms with Crippen molar-refractivity contribution in [3.05, 3.63) is 35.9 Å². The number of hydrogen-bond donors (Lipinski definition) is 1. The molecular formula is C17H26N2O. The lowest BCUT2D eigenvalue weighted by atomic mass is 9.77. The molecule has 1 saturated carbocycles. The van der Waals surface area contributed by atoms with Gasteiger partial charge in [0.2, 0.25) is 5.91 Å². The van der Waals surface area contributed by atoms with Crippen LogP contribution in [0.2, 0.25) is 0 Å². The van der Waals surface area contributed by atoms with Crippen LogP contribution in [-0.2, 0) is 4.79 Å². The maximum atomic E-state index is 12.2. The van der Waals surface area contributed by atoms with Crippen molar-refractivity contribution in [1.82, 2.24) is 10.2 Å². The zero-order valence-electron chi connectivity index (χ0n) is 12.6. The second kappa shape index (κ2) is 7.44. The molecule has 1 aliphatic carbocycles. The topological polar surface area (TPSA) is 32.3 Å². The molecule has 1 atom stereocenters. The molecule has 0 aliphatic heterocycles. The van der Waals surface area contributed by atoms with Crippen LogP contribution in [0.5, 0.6) is 0 Å². The van der Waals surface area contributed by atoms with Crippen molar-refractivity contribution in [3.8, 4) is 0 Å². The molecule has 0 aromatic heterocycles. The summed E-state index contributed by atoms with van der Waals surface area (Å²) in [7, 11) is 0. The Morgan fingerprint density at radius 1 is 1.25 bits per heavy atom. The summed E-state index contributed by atoms with van der Waals surface area (Å²) < 4.78 is 0. The first-order valence-corrected chi connectivity index (χ1v) is 7.81. The molecule has 0 heterocycles. The van der Waals surface area contributed by atoms with Crippen LogP contribution < -0.4 is 5.32 Å². The third-order valence-corrected chi connectivity index (χ3v) is 4.36. The maximum Gasteiger partial charge on any atom is 0.234 e. The Morgan fingerprint density at radius 3 is 2.40 bits per heavy atom. The molecule has 0 spiro atoms. The van der Waals surface area contributed by atoms with Gasteiger partial charge in [0.05, 0.1) is 12.6 Å². The highest BCUT2D eigenvalue weighted by atomic mass is 16.2. The zero-order valence-corrected chi connectivity index (χ0v) is 12.6. The van der Waals surface area contributed by atoms with E-state index in [9.17, 15) is 4.79 Å². The predicted octanol–water partition coefficient (Wildman–Crippen LogP) is 2.99. The zero-order chi connectivity index (χ0) is 14.4. The van der Waals surface area contributed by atoms with Crippen molar-refractivity contribution in [2.75, 3.05) is 19.6 Å². The first-order chi connectivity index (χ1) is 9.74. The predicted molar refractivity (Wildman–Crippen MR) is 82.5 cm³/mol. The Bertz CT molecular complexity index is 410. The molecule has 0 radical (unpaired) electrons. The van der Waals surface area contributed by atoms with E-state index in [2.05, 4.69) is 48.3 Å². The van der Waals surface area contributed by atoms with Gasteiger partial charge in [-0.15, -0.1) is 0 Å². The molecule has 1 fully saturated rings. The third kappa shape index (κ3) is 3.83. The Labute approximate surface area is 122 Å². The molecule has 20 heavy (non-hydrogen) atoms. The minimum atomic E-state index is 0.148. The number of rotatable bonds is 7. The van der Waals surface area contributed by atoms with Gasteiger partial charge in [0.1, 0.15) is 0 Å². The van der Waals surface area contributed by atoms with E-state index in [1.165, 1.54) is 24.8 Å². The summed E-state index contributed by atoms with van der Waals surface area (Å²) in [6.45, 7) is 6.53. The van der Waals surface area contributed by atoms with Gasteiger partial charge in [0.25, 0.3) is 0 Å². The average Bonchev–Trinajstić information content (AvgIpc) is 2.43. The standard InChI is InChI=1S/C17H26N2O/c1-3-19(4-2)13-16(20)18-17(15-11-8-12-15)14-9-6-5-7-10-14/h5-7,9-10,15,17H,3-4,8,11-13H2,1-2H3,(H,18,20). The Kier molecular flexibility index (Phi) is 5.60. The van der Waals surface area contributed by atoms with E-state index >= 15 is 0 Å². The van der Waals surface area contributed by atoms with Crippen LogP contribution in [0.15, 0.2) is 30.3 Å². The maximum absolute atomic E-state index is 12.2. The summed E-state index contributed by atoms with van der Waals surface area (Å²) in [6.07, 6.45) is 3.75. The number of carbonyl (C=O) groups is 1. The lowest BCUT2D eigenvalue weighted by Gasteiger charge is -2.35. The number of hydrogen-bond acceptors (Lipinski definition) is 2. The second-order valence-corrected chi connectivity index (χ2v) is 5.61. The fraction of sp³-hybridized carbons (Fsp3) is 0.588. The van der Waals surface area contributed by atoms with E-state index in [0.29, 0.717) is 12.5 Å². The Hall–Kier alpha value is -1.35. The number of benzene rings is 1. The average molecular weight is 274 g/mol. The van der Waals surface area contributed by atoms with Gasteiger partial charge in [-0.25, -0.2) is 0 Å². The molecule has 3 nitrogen and oxygen atoms in total. The summed E-state index contributed by atoms with van der Waals surface area (Å²) >= 11 is 0. The van der Waals surface area contributed by atoms with Crippen LogP contribution in [0.1, 0.15) is 44.7 Å². The molecule has 0 saturated heterocycles. The van der Waals surface area contributed by atoms with Gasteiger partial charge in [-0.3, -0.25) is 9.69 Å². The van der Waals surface area contributed by atoms with Crippen molar-refractivity contribution < 1.29 is 4.79 Å². The molecule has 1 aromatic rings. The molecule has 0 bridgehead atoms. The van der Waals surface area contributed by atoms with Crippen LogP contribution in [-0.4, -0.2) is 30.4 Å². The van der Waals surface area contributed by atoms with Crippen molar-refractivity contribution in [3.63, 3.8) is 0 Å². The van der Waals surface area contributed by atoms with Crippen LogP contribution in [0.3, 0.4) is 0 Å². The SMILES string of the molecule is CCN(CC)CC(=O)NC(c1ccccc1)C1CCC1. The van der Waals surface area contributed by atoms with Gasteiger partial charge >= 0.3 is 0 Å². The minimum Gasteiger partial charge on any atom is -0.348 e. The summed E-state index contributed by atoms with van der Waals surface area (Å²) in [5.41, 5.74) is 1.24. The van der Waals surface area contributed by atoms with E-state index in [1.807, 2.05) is 6.07 Å². The van der Waals surface area contributed by atoms with Crippen molar-refractivity contribution in [2.45, 2.75) is 39.2 Å². The van der Waals surface area contributed by atoms with Gasteiger partial charge in [-0.2, -0.15) is 0 Å². The van der Waals surface area contributed by atoms with E-state index in [4.69, 9.17) is 0 Å². The summed E-state index contributed by atoms with van der Waals surface area (Å²) in [4.78, 5) is 14.4. The highest BCUT2D eigenvalue weighted by Gasteiger charge is 2.29. The van der Waals surface area contributed by atoms with Crippen LogP contribution in [0, 0.1) is 5.92 Å². The van der Waals surface area contributed by atoms with Crippen molar-refractivity contribution >= 4 is 5.91 Å². The van der Waals surface area contributed by atoms with Crippen molar-refractivity contribution in [2.24, 2.45) is 5.92 Å². The number of carbonyl (C=O) groups excluding carboxylic acids is 1. The third-order valence-electron chi connectivity index (χ3n) is 4.36. The fourth-order valence-corrected chi connectivity index (χ4v) is 2.78. The van der Waals surface area contributed by atoms with Gasteiger partial charge in [0, 0.05) is 0 Å². The number of amides is 1. The lowest BCUT2D eigenvalue weighted by Crippen LogP contribution is -2.42. The summed E-state index contributed by atoms with van der Waals surface area (Å²) in [5.74, 6) is 0.757. The largest absolute Gasteiger partial charge is 0.348 e. The molecule has 1 aromatic carbocycles. The number of nitrogens with one attached hydrogen (secondary N) is 1. The van der Waals surface area contributed by atoms with E-state index in [1.54, 1.807) is 0 Å². The molecule has 2 rings (SSSR count). The summed E-state index contributed by atoms with van der Waals surface area (Å²) in [5, 5.41) is 3.25. The van der Waals surface area contributed by atoms with Crippen LogP contribution in [0.25, 0.3) is 0 Å². The first-order valence-electron chi connectivity index (χ1n) is 7.81. The van der Waals surface area contributed by atoms with E-state index < -0.39 is 0 Å². The van der Waals surface area contributed by atoms with E-state index in [0.717, 1.165) is 13.1 Å². The highest BCUT2D eigenvalue weighted by Crippen LogP contribution is 2.37. The molecule has 3 heteroatoms. The monoisotopic (exact) mass is 274 g/mol. The minimum absolute atomic E-state index is 0.148. The summed E-state index contributed by atoms with van der Waals surface area (Å²) in [6, 6.07) is 10.6. The normalized spacial score (nSPS) is 16.8. The van der Waals surface area contributed by atoms with Crippen LogP contribution in [0.4, 0.5) is 0 Å². The van der Waals surface area contributed by atoms with Gasteiger partial charge in [-0.05, 0) is 37.4 Å². The molecule has 110 valence electrons. The molecule has 1 N–H and O–H groups in total. The highest BCUT2D eigenvalue weighted by molar-refractivity contribution is 5.78.